The number of rotatable bonds is 12. The number of hydrogen-bond donors (Lipinski definition) is 1. The molecule has 0 saturated heterocycles. The minimum absolute atomic E-state index is 0.00701. The molecule has 5 nitrogen and oxygen atoms in total. The highest BCUT2D eigenvalue weighted by molar-refractivity contribution is 6.30. The Morgan fingerprint density at radius 2 is 1.54 bits per heavy atom. The summed E-state index contributed by atoms with van der Waals surface area (Å²) in [6.45, 7) is 8.26. The maximum absolute atomic E-state index is 13.8. The summed E-state index contributed by atoms with van der Waals surface area (Å²) >= 11 is 6.10. The van der Waals surface area contributed by atoms with E-state index < -0.39 is 6.04 Å². The van der Waals surface area contributed by atoms with Crippen LogP contribution in [0.2, 0.25) is 5.02 Å². The number of halogens is 1. The van der Waals surface area contributed by atoms with Crippen LogP contribution in [0.4, 0.5) is 0 Å². The number of amides is 2. The van der Waals surface area contributed by atoms with E-state index in [4.69, 9.17) is 16.3 Å². The van der Waals surface area contributed by atoms with Gasteiger partial charge in [-0.25, -0.2) is 0 Å². The first-order chi connectivity index (χ1) is 17.8. The monoisotopic (exact) mass is 520 g/mol. The van der Waals surface area contributed by atoms with Crippen LogP contribution in [0.1, 0.15) is 56.7 Å². The van der Waals surface area contributed by atoms with E-state index in [-0.39, 0.29) is 36.9 Å². The van der Waals surface area contributed by atoms with E-state index in [1.54, 1.807) is 17.0 Å². The van der Waals surface area contributed by atoms with Crippen LogP contribution >= 0.6 is 11.6 Å². The molecular formula is C31H37ClN2O3. The smallest absolute Gasteiger partial charge is 0.261 e. The number of nitrogens with zero attached hydrogens (tertiary/aromatic N) is 1. The molecular weight excluding hydrogens is 484 g/mol. The maximum atomic E-state index is 13.8. The van der Waals surface area contributed by atoms with Gasteiger partial charge >= 0.3 is 0 Å². The number of carbonyl (C=O) groups excluding carboxylic acids is 2. The molecule has 0 aromatic heterocycles. The average molecular weight is 521 g/mol. The lowest BCUT2D eigenvalue weighted by atomic mass is 10.0. The minimum Gasteiger partial charge on any atom is -0.483 e. The number of hydrogen-bond acceptors (Lipinski definition) is 3. The van der Waals surface area contributed by atoms with Crippen molar-refractivity contribution >= 4 is 23.4 Å². The maximum Gasteiger partial charge on any atom is 0.261 e. The van der Waals surface area contributed by atoms with Gasteiger partial charge in [0.2, 0.25) is 5.91 Å². The van der Waals surface area contributed by atoms with Crippen molar-refractivity contribution in [2.75, 3.05) is 6.61 Å². The summed E-state index contributed by atoms with van der Waals surface area (Å²) in [6, 6.07) is 24.1. The third kappa shape index (κ3) is 8.36. The zero-order valence-electron chi connectivity index (χ0n) is 22.1. The number of carbonyl (C=O) groups is 2. The predicted octanol–water partition coefficient (Wildman–Crippen LogP) is 6.40. The van der Waals surface area contributed by atoms with Gasteiger partial charge in [-0.05, 0) is 54.2 Å². The molecule has 0 aliphatic rings. The number of benzene rings is 3. The zero-order valence-corrected chi connectivity index (χ0v) is 22.9. The Balaban J connectivity index is 1.93. The number of para-hydroxylation sites is 1. The second-order valence-electron chi connectivity index (χ2n) is 9.65. The molecule has 2 amide bonds. The first-order valence-electron chi connectivity index (χ1n) is 12.9. The summed E-state index contributed by atoms with van der Waals surface area (Å²) in [4.78, 5) is 28.9. The summed E-state index contributed by atoms with van der Waals surface area (Å²) < 4.78 is 6.04. The van der Waals surface area contributed by atoms with E-state index in [0.29, 0.717) is 17.2 Å². The van der Waals surface area contributed by atoms with E-state index in [1.165, 1.54) is 0 Å². The van der Waals surface area contributed by atoms with E-state index in [9.17, 15) is 9.59 Å². The Morgan fingerprint density at radius 3 is 2.19 bits per heavy atom. The molecule has 1 N–H and O–H groups in total. The first-order valence-corrected chi connectivity index (χ1v) is 13.3. The van der Waals surface area contributed by atoms with Gasteiger partial charge in [-0.2, -0.15) is 0 Å². The second kappa shape index (κ2) is 13.8. The van der Waals surface area contributed by atoms with Crippen molar-refractivity contribution in [2.24, 2.45) is 0 Å². The van der Waals surface area contributed by atoms with Gasteiger partial charge < -0.3 is 15.0 Å². The van der Waals surface area contributed by atoms with Crippen LogP contribution in [0.3, 0.4) is 0 Å². The van der Waals surface area contributed by atoms with Crippen molar-refractivity contribution in [3.63, 3.8) is 0 Å². The van der Waals surface area contributed by atoms with Crippen molar-refractivity contribution < 1.29 is 14.3 Å². The van der Waals surface area contributed by atoms with E-state index in [1.807, 2.05) is 80.6 Å². The highest BCUT2D eigenvalue weighted by atomic mass is 35.5. The van der Waals surface area contributed by atoms with Gasteiger partial charge in [0.05, 0.1) is 0 Å². The number of nitrogens with one attached hydrogen (secondary N) is 1. The summed E-state index contributed by atoms with van der Waals surface area (Å²) in [6.07, 6.45) is 1.19. The third-order valence-corrected chi connectivity index (χ3v) is 6.68. The third-order valence-electron chi connectivity index (χ3n) is 6.43. The van der Waals surface area contributed by atoms with E-state index >= 15 is 0 Å². The molecule has 0 saturated carbocycles. The lowest BCUT2D eigenvalue weighted by Crippen LogP contribution is -2.53. The standard InChI is InChI=1S/C31H37ClN2O3/c1-5-23(4)33-31(36)28(19-24-11-7-6-8-12-24)34(20-25-15-17-26(32)18-16-25)30(35)21-37-29-14-10-9-13-27(29)22(2)3/h6-18,22-23,28H,5,19-21H2,1-4H3,(H,33,36)/t23-,28+/m1/s1. The van der Waals surface area contributed by atoms with Gasteiger partial charge in [0, 0.05) is 24.0 Å². The van der Waals surface area contributed by atoms with E-state index in [2.05, 4.69) is 19.2 Å². The molecule has 0 spiro atoms. The SMILES string of the molecule is CC[C@@H](C)NC(=O)[C@H](Cc1ccccc1)N(Cc1ccc(Cl)cc1)C(=O)COc1ccccc1C(C)C. The molecule has 3 rings (SSSR count). The molecule has 0 unspecified atom stereocenters. The molecule has 3 aromatic rings. The molecule has 3 aromatic carbocycles. The molecule has 0 radical (unpaired) electrons. The van der Waals surface area contributed by atoms with Crippen LogP contribution in [0.5, 0.6) is 5.75 Å². The molecule has 6 heteroatoms. The van der Waals surface area contributed by atoms with Crippen molar-refractivity contribution in [1.82, 2.24) is 10.2 Å². The van der Waals surface area contributed by atoms with Crippen LogP contribution < -0.4 is 10.1 Å². The molecule has 0 bridgehead atoms. The Morgan fingerprint density at radius 1 is 0.892 bits per heavy atom. The van der Waals surface area contributed by atoms with Crippen LogP contribution in [0, 0.1) is 0 Å². The summed E-state index contributed by atoms with van der Waals surface area (Å²) in [7, 11) is 0. The van der Waals surface area contributed by atoms with Gasteiger partial charge in [-0.15, -0.1) is 0 Å². The fraction of sp³-hybridized carbons (Fsp3) is 0.355. The van der Waals surface area contributed by atoms with Gasteiger partial charge in [0.15, 0.2) is 6.61 Å². The van der Waals surface area contributed by atoms with Gasteiger partial charge in [-0.3, -0.25) is 9.59 Å². The predicted molar refractivity (Wildman–Crippen MR) is 150 cm³/mol. The van der Waals surface area contributed by atoms with Crippen LogP contribution in [0.15, 0.2) is 78.9 Å². The average Bonchev–Trinajstić information content (AvgIpc) is 2.90. The highest BCUT2D eigenvalue weighted by Gasteiger charge is 2.31. The molecule has 196 valence electrons. The molecule has 0 aliphatic carbocycles. The van der Waals surface area contributed by atoms with E-state index in [0.717, 1.165) is 23.1 Å². The zero-order chi connectivity index (χ0) is 26.8. The highest BCUT2D eigenvalue weighted by Crippen LogP contribution is 2.26. The topological polar surface area (TPSA) is 58.6 Å². The van der Waals surface area contributed by atoms with Gasteiger partial charge in [0.25, 0.3) is 5.91 Å². The van der Waals surface area contributed by atoms with Gasteiger partial charge in [-0.1, -0.05) is 93.0 Å². The van der Waals surface area contributed by atoms with Crippen molar-refractivity contribution in [3.8, 4) is 5.75 Å². The van der Waals surface area contributed by atoms with Crippen LogP contribution in [-0.4, -0.2) is 35.4 Å². The second-order valence-corrected chi connectivity index (χ2v) is 10.1. The number of ether oxygens (including phenoxy) is 1. The lowest BCUT2D eigenvalue weighted by Gasteiger charge is -2.32. The van der Waals surface area contributed by atoms with Crippen molar-refractivity contribution in [2.45, 2.75) is 65.1 Å². The summed E-state index contributed by atoms with van der Waals surface area (Å²) in [5, 5.41) is 3.70. The Labute approximate surface area is 225 Å². The molecule has 2 atom stereocenters. The largest absolute Gasteiger partial charge is 0.483 e. The Bertz CT molecular complexity index is 1150. The molecule has 0 heterocycles. The summed E-state index contributed by atoms with van der Waals surface area (Å²) in [5.74, 6) is 0.501. The Hall–Kier alpha value is -3.31. The van der Waals surface area contributed by atoms with Crippen molar-refractivity contribution in [3.05, 3.63) is 101 Å². The van der Waals surface area contributed by atoms with Crippen LogP contribution in [0.25, 0.3) is 0 Å². The fourth-order valence-corrected chi connectivity index (χ4v) is 4.22. The normalized spacial score (nSPS) is 12.6. The summed E-state index contributed by atoms with van der Waals surface area (Å²) in [5.41, 5.74) is 2.90. The van der Waals surface area contributed by atoms with Gasteiger partial charge in [0.1, 0.15) is 11.8 Å². The molecule has 0 aliphatic heterocycles. The molecule has 37 heavy (non-hydrogen) atoms. The van der Waals surface area contributed by atoms with Crippen molar-refractivity contribution in [1.29, 1.82) is 0 Å². The Kier molecular flexibility index (Phi) is 10.6. The van der Waals surface area contributed by atoms with Crippen LogP contribution in [-0.2, 0) is 22.6 Å². The quantitative estimate of drug-likeness (QED) is 0.301. The fourth-order valence-electron chi connectivity index (χ4n) is 4.09. The molecule has 0 fully saturated rings. The minimum atomic E-state index is -0.705. The lowest BCUT2D eigenvalue weighted by molar-refractivity contribution is -0.143. The first kappa shape index (κ1) is 28.3.